The maximum Gasteiger partial charge on any atom is 0.244 e. The molecule has 6 heteroatoms. The molecular weight excluding hydrogens is 297 g/mol. The van der Waals surface area contributed by atoms with E-state index in [9.17, 15) is 9.18 Å². The van der Waals surface area contributed by atoms with E-state index in [1.54, 1.807) is 6.07 Å². The highest BCUT2D eigenvalue weighted by Gasteiger charge is 2.34. The highest BCUT2D eigenvalue weighted by atomic mass is 19.1. The second-order valence-electron chi connectivity index (χ2n) is 6.29. The number of hydrogen-bond acceptors (Lipinski definition) is 4. The van der Waals surface area contributed by atoms with Gasteiger partial charge in [0.1, 0.15) is 11.9 Å². The molecule has 5 nitrogen and oxygen atoms in total. The summed E-state index contributed by atoms with van der Waals surface area (Å²) in [5, 5.41) is 0. The Balaban J connectivity index is 1.86. The van der Waals surface area contributed by atoms with Crippen molar-refractivity contribution in [3.05, 3.63) is 35.6 Å². The highest BCUT2D eigenvalue weighted by molar-refractivity contribution is 5.83. The molecule has 3 rings (SSSR count). The molecule has 0 saturated carbocycles. The summed E-state index contributed by atoms with van der Waals surface area (Å²) in [5.41, 5.74) is 6.72. The predicted molar refractivity (Wildman–Crippen MR) is 85.3 cm³/mol. The molecule has 0 aromatic heterocycles. The number of likely N-dealkylation sites (tertiary alicyclic amines) is 1. The van der Waals surface area contributed by atoms with Crippen molar-refractivity contribution in [1.29, 1.82) is 0 Å². The molecule has 0 spiro atoms. The fraction of sp³-hybridized carbons (Fsp3) is 0.588. The maximum absolute atomic E-state index is 13.7. The Labute approximate surface area is 136 Å². The molecule has 0 aliphatic carbocycles. The van der Waals surface area contributed by atoms with Crippen LogP contribution in [0.4, 0.5) is 4.39 Å². The molecule has 23 heavy (non-hydrogen) atoms. The smallest absolute Gasteiger partial charge is 0.244 e. The van der Waals surface area contributed by atoms with Gasteiger partial charge in [-0.3, -0.25) is 9.69 Å². The number of amides is 1. The number of halogens is 1. The summed E-state index contributed by atoms with van der Waals surface area (Å²) in [6.45, 7) is 3.84. The van der Waals surface area contributed by atoms with E-state index in [2.05, 4.69) is 4.90 Å². The largest absolute Gasteiger partial charge is 0.379 e. The zero-order chi connectivity index (χ0) is 16.2. The number of ether oxygens (including phenoxy) is 1. The molecule has 2 saturated heterocycles. The molecule has 1 aromatic carbocycles. The quantitative estimate of drug-likeness (QED) is 0.907. The van der Waals surface area contributed by atoms with Gasteiger partial charge >= 0.3 is 0 Å². The second kappa shape index (κ2) is 7.38. The third-order valence-electron chi connectivity index (χ3n) is 4.58. The summed E-state index contributed by atoms with van der Waals surface area (Å²) in [6, 6.07) is 5.92. The first-order valence-corrected chi connectivity index (χ1v) is 8.27. The Morgan fingerprint density at radius 1 is 1.30 bits per heavy atom. The molecular formula is C17H24FN3O2. The second-order valence-corrected chi connectivity index (χ2v) is 6.29. The van der Waals surface area contributed by atoms with Crippen LogP contribution >= 0.6 is 0 Å². The van der Waals surface area contributed by atoms with Crippen LogP contribution in [0.3, 0.4) is 0 Å². The lowest BCUT2D eigenvalue weighted by atomic mass is 10.00. The topological polar surface area (TPSA) is 58.8 Å². The molecule has 2 heterocycles. The molecule has 2 aliphatic heterocycles. The van der Waals surface area contributed by atoms with E-state index in [0.717, 1.165) is 19.4 Å². The van der Waals surface area contributed by atoms with Gasteiger partial charge < -0.3 is 15.4 Å². The van der Waals surface area contributed by atoms with Gasteiger partial charge in [0.2, 0.25) is 5.91 Å². The SMILES string of the molecule is N[C@H]1CCCN(C(=O)[C@@H](c2cccc(F)c2)N2CCOCC2)C1. The summed E-state index contributed by atoms with van der Waals surface area (Å²) in [5.74, 6) is -0.295. The van der Waals surface area contributed by atoms with E-state index >= 15 is 0 Å². The molecule has 1 aromatic rings. The Kier molecular flexibility index (Phi) is 5.25. The van der Waals surface area contributed by atoms with Crippen LogP contribution in [0, 0.1) is 5.82 Å². The average Bonchev–Trinajstić information content (AvgIpc) is 2.56. The van der Waals surface area contributed by atoms with Gasteiger partial charge in [-0.2, -0.15) is 0 Å². The molecule has 2 aliphatic rings. The van der Waals surface area contributed by atoms with Crippen molar-refractivity contribution in [3.8, 4) is 0 Å². The summed E-state index contributed by atoms with van der Waals surface area (Å²) in [4.78, 5) is 17.0. The third kappa shape index (κ3) is 3.88. The van der Waals surface area contributed by atoms with Crippen LogP contribution in [0.1, 0.15) is 24.4 Å². The number of nitrogens with two attached hydrogens (primary N) is 1. The Morgan fingerprint density at radius 3 is 2.78 bits per heavy atom. The van der Waals surface area contributed by atoms with Gasteiger partial charge in [0.15, 0.2) is 0 Å². The predicted octanol–water partition coefficient (Wildman–Crippen LogP) is 1.15. The Morgan fingerprint density at radius 2 is 2.09 bits per heavy atom. The third-order valence-corrected chi connectivity index (χ3v) is 4.58. The van der Waals surface area contributed by atoms with Gasteiger partial charge in [-0.05, 0) is 30.5 Å². The fourth-order valence-electron chi connectivity index (χ4n) is 3.41. The van der Waals surface area contributed by atoms with Gasteiger partial charge in [-0.25, -0.2) is 4.39 Å². The normalized spacial score (nSPS) is 24.4. The first kappa shape index (κ1) is 16.4. The van der Waals surface area contributed by atoms with Crippen molar-refractivity contribution in [1.82, 2.24) is 9.80 Å². The summed E-state index contributed by atoms with van der Waals surface area (Å²) in [7, 11) is 0. The molecule has 0 bridgehead atoms. The van der Waals surface area contributed by atoms with E-state index in [4.69, 9.17) is 10.5 Å². The summed E-state index contributed by atoms with van der Waals surface area (Å²) in [6.07, 6.45) is 1.87. The number of benzene rings is 1. The number of nitrogens with zero attached hydrogens (tertiary/aromatic N) is 2. The van der Waals surface area contributed by atoms with Crippen LogP contribution in [-0.4, -0.2) is 61.1 Å². The molecule has 126 valence electrons. The highest BCUT2D eigenvalue weighted by Crippen LogP contribution is 2.26. The van der Waals surface area contributed by atoms with E-state index in [1.165, 1.54) is 12.1 Å². The summed E-state index contributed by atoms with van der Waals surface area (Å²) < 4.78 is 19.1. The van der Waals surface area contributed by atoms with E-state index < -0.39 is 6.04 Å². The first-order valence-electron chi connectivity index (χ1n) is 8.27. The van der Waals surface area contributed by atoms with Crippen molar-refractivity contribution < 1.29 is 13.9 Å². The number of morpholine rings is 1. The maximum atomic E-state index is 13.7. The molecule has 2 fully saturated rings. The van der Waals surface area contributed by atoms with Gasteiger partial charge in [0.05, 0.1) is 13.2 Å². The molecule has 1 amide bonds. The van der Waals surface area contributed by atoms with Crippen LogP contribution in [0.2, 0.25) is 0 Å². The minimum Gasteiger partial charge on any atom is -0.379 e. The van der Waals surface area contributed by atoms with Gasteiger partial charge in [-0.15, -0.1) is 0 Å². The monoisotopic (exact) mass is 321 g/mol. The zero-order valence-electron chi connectivity index (χ0n) is 13.3. The van der Waals surface area contributed by atoms with Crippen LogP contribution in [0.25, 0.3) is 0 Å². The van der Waals surface area contributed by atoms with Crippen molar-refractivity contribution in [2.24, 2.45) is 5.73 Å². The van der Waals surface area contributed by atoms with Crippen LogP contribution in [-0.2, 0) is 9.53 Å². The van der Waals surface area contributed by atoms with Crippen molar-refractivity contribution in [2.45, 2.75) is 24.9 Å². The fourth-order valence-corrected chi connectivity index (χ4v) is 3.41. The standard InChI is InChI=1S/C17H24FN3O2/c18-14-4-1-3-13(11-14)16(20-7-9-23-10-8-20)17(22)21-6-2-5-15(19)12-21/h1,3-4,11,15-16H,2,5-10,12,19H2/t15-,16+/m0/s1. The zero-order valence-corrected chi connectivity index (χ0v) is 13.3. The average molecular weight is 321 g/mol. The van der Waals surface area contributed by atoms with E-state index in [-0.39, 0.29) is 17.8 Å². The van der Waals surface area contributed by atoms with Crippen molar-refractivity contribution >= 4 is 5.91 Å². The number of hydrogen-bond donors (Lipinski definition) is 1. The molecule has 0 radical (unpaired) electrons. The van der Waals surface area contributed by atoms with E-state index in [1.807, 2.05) is 11.0 Å². The van der Waals surface area contributed by atoms with Gasteiger partial charge in [0.25, 0.3) is 0 Å². The lowest BCUT2D eigenvalue weighted by Crippen LogP contribution is -2.51. The number of carbonyl (C=O) groups excluding carboxylic acids is 1. The molecule has 0 unspecified atom stereocenters. The Hall–Kier alpha value is -1.50. The summed E-state index contributed by atoms with van der Waals surface area (Å²) >= 11 is 0. The molecule has 2 N–H and O–H groups in total. The number of rotatable bonds is 3. The van der Waals surface area contributed by atoms with Gasteiger partial charge in [-0.1, -0.05) is 12.1 Å². The minimum absolute atomic E-state index is 0.0210. The van der Waals surface area contributed by atoms with Gasteiger partial charge in [0, 0.05) is 32.2 Å². The molecule has 2 atom stereocenters. The first-order chi connectivity index (χ1) is 11.1. The lowest BCUT2D eigenvalue weighted by molar-refractivity contribution is -0.140. The minimum atomic E-state index is -0.458. The van der Waals surface area contributed by atoms with Crippen molar-refractivity contribution in [3.63, 3.8) is 0 Å². The van der Waals surface area contributed by atoms with Crippen LogP contribution in [0.5, 0.6) is 0 Å². The van der Waals surface area contributed by atoms with Crippen molar-refractivity contribution in [2.75, 3.05) is 39.4 Å². The Bertz CT molecular complexity index is 548. The van der Waals surface area contributed by atoms with Crippen LogP contribution in [0.15, 0.2) is 24.3 Å². The number of carbonyl (C=O) groups is 1. The lowest BCUT2D eigenvalue weighted by Gasteiger charge is -2.39. The van der Waals surface area contributed by atoms with Crippen LogP contribution < -0.4 is 5.73 Å². The number of piperidine rings is 1. The van der Waals surface area contributed by atoms with E-state index in [0.29, 0.717) is 38.4 Å².